The number of aromatic amines is 1. The van der Waals surface area contributed by atoms with Gasteiger partial charge in [-0.3, -0.25) is 5.41 Å². The van der Waals surface area contributed by atoms with Crippen molar-refractivity contribution in [3.63, 3.8) is 0 Å². The maximum atomic E-state index is 12.8. The Morgan fingerprint density at radius 2 is 2.03 bits per heavy atom. The van der Waals surface area contributed by atoms with Gasteiger partial charge in [-0.15, -0.1) is 0 Å². The molecule has 2 heterocycles. The van der Waals surface area contributed by atoms with E-state index in [1.165, 1.54) is 0 Å². The SMILES string of the molecule is CCC(/C(=C/N)N=N)c1[nH]c(/C(N)=N\C=N)c(-c2cnc(C(F)(F)F)nc2)c1C#N. The van der Waals surface area contributed by atoms with Crippen molar-refractivity contribution in [3.05, 3.63) is 47.1 Å². The number of nitrogens with two attached hydrogens (primary N) is 2. The number of allylic oxidation sites excluding steroid dienone is 1. The molecule has 10 nitrogen and oxygen atoms in total. The van der Waals surface area contributed by atoms with Crippen LogP contribution in [0, 0.1) is 22.3 Å². The highest BCUT2D eigenvalue weighted by Crippen LogP contribution is 2.37. The van der Waals surface area contributed by atoms with E-state index < -0.39 is 17.9 Å². The summed E-state index contributed by atoms with van der Waals surface area (Å²) in [6.07, 6.45) is -0.701. The standard InChI is InChI=1S/C17H17F3N10/c1-2-9(11(4-22)30-25)13-10(3-21)12(14(29-13)15(24)28-7-23)8-5-26-16(27-6-8)17(18,19)20/h4-7,9,25,29H,2,22H2,1H3,(H3,23,24,28)/b11-4-,30-25?. The van der Waals surface area contributed by atoms with Crippen LogP contribution in [0.3, 0.4) is 0 Å². The van der Waals surface area contributed by atoms with Gasteiger partial charge in [-0.1, -0.05) is 6.92 Å². The first kappa shape index (κ1) is 22.2. The van der Waals surface area contributed by atoms with Crippen molar-refractivity contribution in [1.82, 2.24) is 15.0 Å². The van der Waals surface area contributed by atoms with E-state index >= 15 is 0 Å². The number of hydrogen-bond donors (Lipinski definition) is 5. The number of nitrogens with zero attached hydrogens (tertiary/aromatic N) is 5. The summed E-state index contributed by atoms with van der Waals surface area (Å²) in [6, 6.07) is 2.00. The molecule has 0 aliphatic rings. The summed E-state index contributed by atoms with van der Waals surface area (Å²) >= 11 is 0. The summed E-state index contributed by atoms with van der Waals surface area (Å²) in [7, 11) is 0. The molecule has 2 aromatic rings. The van der Waals surface area contributed by atoms with Crippen molar-refractivity contribution < 1.29 is 13.2 Å². The average Bonchev–Trinajstić information content (AvgIpc) is 3.10. The molecule has 0 fully saturated rings. The van der Waals surface area contributed by atoms with Crippen LogP contribution in [-0.2, 0) is 6.18 Å². The van der Waals surface area contributed by atoms with Crippen LogP contribution in [0.5, 0.6) is 0 Å². The number of H-pyrrole nitrogens is 1. The maximum absolute atomic E-state index is 12.8. The van der Waals surface area contributed by atoms with Crippen LogP contribution >= 0.6 is 0 Å². The fourth-order valence-electron chi connectivity index (χ4n) is 2.91. The molecule has 13 heteroatoms. The number of aromatic nitrogens is 3. The Balaban J connectivity index is 2.82. The lowest BCUT2D eigenvalue weighted by atomic mass is 9.93. The Kier molecular flexibility index (Phi) is 6.62. The van der Waals surface area contributed by atoms with Crippen molar-refractivity contribution in [2.24, 2.45) is 21.6 Å². The van der Waals surface area contributed by atoms with E-state index in [-0.39, 0.29) is 33.9 Å². The third-order valence-electron chi connectivity index (χ3n) is 4.21. The van der Waals surface area contributed by atoms with Crippen molar-refractivity contribution in [2.75, 3.05) is 0 Å². The molecule has 1 atom stereocenters. The number of amidine groups is 1. The zero-order chi connectivity index (χ0) is 22.5. The van der Waals surface area contributed by atoms with Crippen LogP contribution in [0.15, 0.2) is 34.4 Å². The molecule has 0 aliphatic heterocycles. The first-order chi connectivity index (χ1) is 14.2. The van der Waals surface area contributed by atoms with E-state index in [0.29, 0.717) is 18.5 Å². The molecule has 0 radical (unpaired) electrons. The number of halogens is 3. The molecule has 0 saturated carbocycles. The lowest BCUT2D eigenvalue weighted by Crippen LogP contribution is -2.16. The predicted octanol–water partition coefficient (Wildman–Crippen LogP) is 3.00. The molecule has 156 valence electrons. The molecule has 0 saturated heterocycles. The van der Waals surface area contributed by atoms with Crippen molar-refractivity contribution in [2.45, 2.75) is 25.4 Å². The minimum atomic E-state index is -4.73. The minimum Gasteiger partial charge on any atom is -0.403 e. The van der Waals surface area contributed by atoms with Gasteiger partial charge in [0, 0.05) is 41.3 Å². The molecular formula is C17H17F3N10. The van der Waals surface area contributed by atoms with Gasteiger partial charge in [0.15, 0.2) is 0 Å². The summed E-state index contributed by atoms with van der Waals surface area (Å²) in [5.41, 5.74) is 19.5. The molecule has 1 unspecified atom stereocenters. The molecule has 0 amide bonds. The zero-order valence-electron chi connectivity index (χ0n) is 15.6. The van der Waals surface area contributed by atoms with Gasteiger partial charge in [0.05, 0.1) is 17.0 Å². The zero-order valence-corrected chi connectivity index (χ0v) is 15.6. The molecule has 7 N–H and O–H groups in total. The number of rotatable bonds is 7. The van der Waals surface area contributed by atoms with Gasteiger partial charge >= 0.3 is 6.18 Å². The van der Waals surface area contributed by atoms with Gasteiger partial charge in [0.2, 0.25) is 5.82 Å². The van der Waals surface area contributed by atoms with E-state index in [9.17, 15) is 18.4 Å². The van der Waals surface area contributed by atoms with Gasteiger partial charge in [0.25, 0.3) is 0 Å². The fraction of sp³-hybridized carbons (Fsp3) is 0.235. The summed E-state index contributed by atoms with van der Waals surface area (Å²) in [5, 5.41) is 20.3. The van der Waals surface area contributed by atoms with E-state index in [0.717, 1.165) is 18.6 Å². The highest BCUT2D eigenvalue weighted by molar-refractivity contribution is 6.06. The molecule has 0 aromatic carbocycles. The van der Waals surface area contributed by atoms with Crippen molar-refractivity contribution in [1.29, 1.82) is 16.2 Å². The maximum Gasteiger partial charge on any atom is 0.451 e. The van der Waals surface area contributed by atoms with Crippen LogP contribution in [-0.4, -0.2) is 27.1 Å². The third kappa shape index (κ3) is 4.17. The van der Waals surface area contributed by atoms with Gasteiger partial charge in [0.1, 0.15) is 18.2 Å². The monoisotopic (exact) mass is 418 g/mol. The molecule has 0 bridgehead atoms. The number of nitrogens with one attached hydrogen (secondary N) is 3. The Morgan fingerprint density at radius 3 is 2.47 bits per heavy atom. The Bertz CT molecular complexity index is 1040. The van der Waals surface area contributed by atoms with Gasteiger partial charge in [-0.2, -0.15) is 23.5 Å². The van der Waals surface area contributed by atoms with Crippen LogP contribution in [0.1, 0.15) is 42.0 Å². The molecular weight excluding hydrogens is 401 g/mol. The smallest absolute Gasteiger partial charge is 0.403 e. The van der Waals surface area contributed by atoms with Gasteiger partial charge < -0.3 is 16.5 Å². The Hall–Kier alpha value is -4.08. The molecule has 30 heavy (non-hydrogen) atoms. The molecule has 2 aromatic heterocycles. The van der Waals surface area contributed by atoms with E-state index in [1.54, 1.807) is 6.92 Å². The average molecular weight is 418 g/mol. The van der Waals surface area contributed by atoms with Gasteiger partial charge in [-0.25, -0.2) is 20.5 Å². The lowest BCUT2D eigenvalue weighted by molar-refractivity contribution is -0.144. The lowest BCUT2D eigenvalue weighted by Gasteiger charge is -2.13. The van der Waals surface area contributed by atoms with E-state index in [1.807, 2.05) is 6.07 Å². The quantitative estimate of drug-likeness (QED) is 0.262. The molecule has 0 aliphatic carbocycles. The number of alkyl halides is 3. The van der Waals surface area contributed by atoms with Crippen LogP contribution in [0.2, 0.25) is 0 Å². The second-order valence-corrected chi connectivity index (χ2v) is 5.88. The van der Waals surface area contributed by atoms with Crippen LogP contribution in [0.25, 0.3) is 11.1 Å². The largest absolute Gasteiger partial charge is 0.451 e. The summed E-state index contributed by atoms with van der Waals surface area (Å²) in [6.45, 7) is 1.77. The Labute approximate surface area is 168 Å². The highest BCUT2D eigenvalue weighted by atomic mass is 19.4. The topological polar surface area (TPSA) is 190 Å². The highest BCUT2D eigenvalue weighted by Gasteiger charge is 2.35. The number of hydrogen-bond acceptors (Lipinski definition) is 7. The number of nitriles is 1. The second kappa shape index (κ2) is 8.95. The van der Waals surface area contributed by atoms with Crippen LogP contribution < -0.4 is 11.5 Å². The van der Waals surface area contributed by atoms with Gasteiger partial charge in [-0.05, 0) is 6.42 Å². The fourth-order valence-corrected chi connectivity index (χ4v) is 2.91. The normalized spacial score (nSPS) is 13.6. The first-order valence-corrected chi connectivity index (χ1v) is 8.40. The second-order valence-electron chi connectivity index (χ2n) is 5.88. The Morgan fingerprint density at radius 1 is 1.40 bits per heavy atom. The molecule has 2 rings (SSSR count). The summed E-state index contributed by atoms with van der Waals surface area (Å²) < 4.78 is 38.4. The summed E-state index contributed by atoms with van der Waals surface area (Å²) in [5.74, 6) is -2.12. The van der Waals surface area contributed by atoms with Crippen molar-refractivity contribution in [3.8, 4) is 17.2 Å². The third-order valence-corrected chi connectivity index (χ3v) is 4.21. The summed E-state index contributed by atoms with van der Waals surface area (Å²) in [4.78, 5) is 13.3. The van der Waals surface area contributed by atoms with E-state index in [4.69, 9.17) is 22.4 Å². The first-order valence-electron chi connectivity index (χ1n) is 8.40. The van der Waals surface area contributed by atoms with E-state index in [2.05, 4.69) is 25.1 Å². The predicted molar refractivity (Wildman–Crippen MR) is 101 cm³/mol. The van der Waals surface area contributed by atoms with Crippen LogP contribution in [0.4, 0.5) is 13.2 Å². The molecule has 0 spiro atoms. The van der Waals surface area contributed by atoms with Crippen molar-refractivity contribution >= 4 is 12.2 Å². The minimum absolute atomic E-state index is 0.0336. The number of aliphatic imine (C=N–C) groups is 1.